The van der Waals surface area contributed by atoms with E-state index >= 15 is 0 Å². The van der Waals surface area contributed by atoms with Crippen molar-refractivity contribution in [2.75, 3.05) is 13.7 Å². The number of methoxy groups -OCH3 is 1. The lowest BCUT2D eigenvalue weighted by Crippen LogP contribution is -2.14. The van der Waals surface area contributed by atoms with Gasteiger partial charge in [0, 0.05) is 6.42 Å². The molecule has 0 bridgehead atoms. The minimum Gasteiger partial charge on any atom is -0.493 e. The molecule has 1 aliphatic rings. The van der Waals surface area contributed by atoms with Crippen molar-refractivity contribution < 1.29 is 14.2 Å². The summed E-state index contributed by atoms with van der Waals surface area (Å²) in [6, 6.07) is 14.6. The smallest absolute Gasteiger partial charge is 0.200 e. The summed E-state index contributed by atoms with van der Waals surface area (Å²) >= 11 is 0. The van der Waals surface area contributed by atoms with Gasteiger partial charge < -0.3 is 14.2 Å². The Balaban J connectivity index is 1.88. The van der Waals surface area contributed by atoms with Crippen LogP contribution in [0.15, 0.2) is 42.5 Å². The zero-order valence-corrected chi connectivity index (χ0v) is 13.7. The SMILES string of the molecule is C[CH]Cc1cccc(-c2ccc(OC)c(OC3CCCO3)c2)c1. The van der Waals surface area contributed by atoms with E-state index in [0.29, 0.717) is 0 Å². The Hall–Kier alpha value is -2.00. The monoisotopic (exact) mass is 311 g/mol. The predicted molar refractivity (Wildman–Crippen MR) is 91.7 cm³/mol. The summed E-state index contributed by atoms with van der Waals surface area (Å²) in [5, 5.41) is 0. The van der Waals surface area contributed by atoms with Crippen LogP contribution in [0.4, 0.5) is 0 Å². The third-order valence-electron chi connectivity index (χ3n) is 4.01. The van der Waals surface area contributed by atoms with Gasteiger partial charge in [0.1, 0.15) is 0 Å². The van der Waals surface area contributed by atoms with Crippen LogP contribution in [-0.2, 0) is 11.2 Å². The number of benzene rings is 2. The first-order chi connectivity index (χ1) is 11.3. The van der Waals surface area contributed by atoms with Gasteiger partial charge in [0.2, 0.25) is 0 Å². The van der Waals surface area contributed by atoms with E-state index in [1.54, 1.807) is 7.11 Å². The number of ether oxygens (including phenoxy) is 3. The molecule has 3 heteroatoms. The summed E-state index contributed by atoms with van der Waals surface area (Å²) in [4.78, 5) is 0. The third kappa shape index (κ3) is 3.85. The molecule has 1 unspecified atom stereocenters. The van der Waals surface area contributed by atoms with Gasteiger partial charge in [-0.1, -0.05) is 37.3 Å². The fraction of sp³-hybridized carbons (Fsp3) is 0.350. The summed E-state index contributed by atoms with van der Waals surface area (Å²) in [7, 11) is 1.66. The zero-order valence-electron chi connectivity index (χ0n) is 13.7. The van der Waals surface area contributed by atoms with E-state index in [-0.39, 0.29) is 6.29 Å². The minimum atomic E-state index is -0.167. The first-order valence-corrected chi connectivity index (χ1v) is 8.13. The Morgan fingerprint density at radius 2 is 2.00 bits per heavy atom. The fourth-order valence-corrected chi connectivity index (χ4v) is 2.84. The van der Waals surface area contributed by atoms with Crippen molar-refractivity contribution >= 4 is 0 Å². The van der Waals surface area contributed by atoms with Crippen molar-refractivity contribution in [2.24, 2.45) is 0 Å². The van der Waals surface area contributed by atoms with Gasteiger partial charge in [0.15, 0.2) is 17.8 Å². The average Bonchev–Trinajstić information content (AvgIpc) is 3.08. The van der Waals surface area contributed by atoms with Crippen LogP contribution in [0, 0.1) is 6.42 Å². The van der Waals surface area contributed by atoms with Crippen LogP contribution in [0.25, 0.3) is 11.1 Å². The first-order valence-electron chi connectivity index (χ1n) is 8.13. The number of rotatable bonds is 6. The number of hydrogen-bond donors (Lipinski definition) is 0. The molecule has 0 spiro atoms. The van der Waals surface area contributed by atoms with Crippen molar-refractivity contribution in [3.63, 3.8) is 0 Å². The van der Waals surface area contributed by atoms with Crippen LogP contribution in [0.1, 0.15) is 25.3 Å². The Kier molecular flexibility index (Phi) is 5.19. The molecule has 1 aliphatic heterocycles. The summed E-state index contributed by atoms with van der Waals surface area (Å²) in [6.45, 7) is 2.84. The Bertz CT molecular complexity index is 645. The molecule has 1 heterocycles. The zero-order chi connectivity index (χ0) is 16.1. The van der Waals surface area contributed by atoms with Gasteiger partial charge in [-0.3, -0.25) is 0 Å². The maximum absolute atomic E-state index is 5.98. The number of hydrogen-bond acceptors (Lipinski definition) is 3. The van der Waals surface area contributed by atoms with Crippen LogP contribution >= 0.6 is 0 Å². The quantitative estimate of drug-likeness (QED) is 0.777. The Morgan fingerprint density at radius 1 is 1.13 bits per heavy atom. The molecule has 3 nitrogen and oxygen atoms in total. The van der Waals surface area contributed by atoms with E-state index in [4.69, 9.17) is 14.2 Å². The van der Waals surface area contributed by atoms with E-state index in [9.17, 15) is 0 Å². The molecule has 1 saturated heterocycles. The van der Waals surface area contributed by atoms with Crippen LogP contribution in [0.5, 0.6) is 11.5 Å². The van der Waals surface area contributed by atoms with Gasteiger partial charge in [0.25, 0.3) is 0 Å². The summed E-state index contributed by atoms with van der Waals surface area (Å²) in [5.74, 6) is 1.48. The molecule has 1 radical (unpaired) electrons. The molecule has 1 atom stereocenters. The van der Waals surface area contributed by atoms with Gasteiger partial charge in [0.05, 0.1) is 13.7 Å². The van der Waals surface area contributed by atoms with Gasteiger partial charge in [-0.05, 0) is 48.1 Å². The topological polar surface area (TPSA) is 27.7 Å². The van der Waals surface area contributed by atoms with E-state index in [0.717, 1.165) is 42.9 Å². The molecule has 23 heavy (non-hydrogen) atoms. The summed E-state index contributed by atoms with van der Waals surface area (Å²) in [5.41, 5.74) is 3.61. The third-order valence-corrected chi connectivity index (χ3v) is 4.01. The summed E-state index contributed by atoms with van der Waals surface area (Å²) in [6.07, 6.45) is 4.94. The lowest BCUT2D eigenvalue weighted by atomic mass is 10.0. The maximum atomic E-state index is 5.98. The predicted octanol–water partition coefficient (Wildman–Crippen LogP) is 4.64. The molecule has 0 aromatic heterocycles. The van der Waals surface area contributed by atoms with Crippen molar-refractivity contribution in [1.29, 1.82) is 0 Å². The molecule has 0 amide bonds. The average molecular weight is 311 g/mol. The normalized spacial score (nSPS) is 17.2. The summed E-state index contributed by atoms with van der Waals surface area (Å²) < 4.78 is 17.0. The largest absolute Gasteiger partial charge is 0.493 e. The van der Waals surface area contributed by atoms with Crippen LogP contribution < -0.4 is 9.47 Å². The van der Waals surface area contributed by atoms with E-state index < -0.39 is 0 Å². The molecule has 3 rings (SSSR count). The second-order valence-corrected chi connectivity index (χ2v) is 5.74. The van der Waals surface area contributed by atoms with Gasteiger partial charge in [-0.15, -0.1) is 0 Å². The highest BCUT2D eigenvalue weighted by molar-refractivity contribution is 5.67. The molecule has 0 N–H and O–H groups in total. The van der Waals surface area contributed by atoms with Crippen molar-refractivity contribution in [3.8, 4) is 22.6 Å². The molecule has 2 aromatic carbocycles. The lowest BCUT2D eigenvalue weighted by molar-refractivity contribution is -0.0402. The molecule has 1 fully saturated rings. The first kappa shape index (κ1) is 15.9. The van der Waals surface area contributed by atoms with Crippen LogP contribution in [0.2, 0.25) is 0 Å². The highest BCUT2D eigenvalue weighted by Gasteiger charge is 2.19. The Labute approximate surface area is 138 Å². The van der Waals surface area contributed by atoms with Gasteiger partial charge in [-0.2, -0.15) is 0 Å². The van der Waals surface area contributed by atoms with Crippen LogP contribution in [-0.4, -0.2) is 20.0 Å². The van der Waals surface area contributed by atoms with E-state index in [1.165, 1.54) is 11.1 Å². The van der Waals surface area contributed by atoms with E-state index in [2.05, 4.69) is 43.7 Å². The molecule has 2 aromatic rings. The second kappa shape index (κ2) is 7.51. The highest BCUT2D eigenvalue weighted by atomic mass is 16.7. The second-order valence-electron chi connectivity index (χ2n) is 5.74. The lowest BCUT2D eigenvalue weighted by Gasteiger charge is -2.16. The van der Waals surface area contributed by atoms with Crippen molar-refractivity contribution in [2.45, 2.75) is 32.5 Å². The maximum Gasteiger partial charge on any atom is 0.200 e. The van der Waals surface area contributed by atoms with Gasteiger partial charge >= 0.3 is 0 Å². The van der Waals surface area contributed by atoms with Crippen molar-refractivity contribution in [3.05, 3.63) is 54.4 Å². The molecular formula is C20H23O3. The van der Waals surface area contributed by atoms with E-state index in [1.807, 2.05) is 12.1 Å². The Morgan fingerprint density at radius 3 is 2.74 bits per heavy atom. The standard InChI is InChI=1S/C20H23O3/c1-3-6-15-7-4-8-16(13-15)17-10-11-18(21-2)19(14-17)23-20-9-5-12-22-20/h3-4,7-8,10-11,13-14,20H,5-6,9,12H2,1-2H3. The molecular weight excluding hydrogens is 288 g/mol. The molecule has 0 saturated carbocycles. The van der Waals surface area contributed by atoms with Crippen LogP contribution in [0.3, 0.4) is 0 Å². The molecule has 121 valence electrons. The molecule has 0 aliphatic carbocycles. The fourth-order valence-electron chi connectivity index (χ4n) is 2.84. The highest BCUT2D eigenvalue weighted by Crippen LogP contribution is 2.34. The minimum absolute atomic E-state index is 0.167. The van der Waals surface area contributed by atoms with Gasteiger partial charge in [-0.25, -0.2) is 0 Å². The van der Waals surface area contributed by atoms with Crippen molar-refractivity contribution in [1.82, 2.24) is 0 Å².